The van der Waals surface area contributed by atoms with Gasteiger partial charge in [-0.3, -0.25) is 9.59 Å². The fourth-order valence-corrected chi connectivity index (χ4v) is 2.68. The van der Waals surface area contributed by atoms with Crippen molar-refractivity contribution in [2.24, 2.45) is 11.8 Å². The standard InChI is InChI=1S/C16H16ClNO5/c1-23-16(22)12-7-6-9(17)8-13(12)18-14(19)10-4-2-3-5-11(10)15(20)21/h2-3,6-8,10-11H,4-5H2,1H3,(H,18,19)(H,20,21)/t10-,11+/m0/s1. The number of carbonyl (C=O) groups excluding carboxylic acids is 2. The minimum atomic E-state index is -1.02. The van der Waals surface area contributed by atoms with Gasteiger partial charge >= 0.3 is 11.9 Å². The molecule has 0 saturated heterocycles. The number of methoxy groups -OCH3 is 1. The van der Waals surface area contributed by atoms with E-state index >= 15 is 0 Å². The molecular formula is C16H16ClNO5. The average Bonchev–Trinajstić information content (AvgIpc) is 2.54. The molecule has 2 rings (SSSR count). The van der Waals surface area contributed by atoms with Gasteiger partial charge in [0.1, 0.15) is 0 Å². The fraction of sp³-hybridized carbons (Fsp3) is 0.312. The molecule has 0 spiro atoms. The first-order valence-electron chi connectivity index (χ1n) is 7.00. The third-order valence-electron chi connectivity index (χ3n) is 3.73. The van der Waals surface area contributed by atoms with Crippen LogP contribution in [-0.2, 0) is 14.3 Å². The summed E-state index contributed by atoms with van der Waals surface area (Å²) < 4.78 is 4.66. The predicted molar refractivity (Wildman–Crippen MR) is 84.4 cm³/mol. The van der Waals surface area contributed by atoms with Crippen LogP contribution in [0.4, 0.5) is 5.69 Å². The van der Waals surface area contributed by atoms with E-state index in [-0.39, 0.29) is 11.3 Å². The number of esters is 1. The molecule has 0 unspecified atom stereocenters. The van der Waals surface area contributed by atoms with Crippen LogP contribution in [0.25, 0.3) is 0 Å². The molecule has 1 aliphatic carbocycles. The van der Waals surface area contributed by atoms with Gasteiger partial charge < -0.3 is 15.2 Å². The molecule has 0 aromatic heterocycles. The Labute approximate surface area is 138 Å². The average molecular weight is 338 g/mol. The van der Waals surface area contributed by atoms with Crippen LogP contribution in [0, 0.1) is 11.8 Å². The number of amides is 1. The number of carboxylic acids is 1. The van der Waals surface area contributed by atoms with Crippen LogP contribution < -0.4 is 5.32 Å². The zero-order chi connectivity index (χ0) is 17.0. The summed E-state index contributed by atoms with van der Waals surface area (Å²) in [5.41, 5.74) is 0.358. The van der Waals surface area contributed by atoms with E-state index < -0.39 is 29.7 Å². The van der Waals surface area contributed by atoms with E-state index in [9.17, 15) is 19.5 Å². The molecule has 2 atom stereocenters. The number of carboxylic acid groups (broad SMARTS) is 1. The van der Waals surface area contributed by atoms with Gasteiger partial charge in [0, 0.05) is 5.02 Å². The first-order valence-corrected chi connectivity index (χ1v) is 7.38. The van der Waals surface area contributed by atoms with Gasteiger partial charge in [0.15, 0.2) is 0 Å². The number of anilines is 1. The first kappa shape index (κ1) is 17.0. The van der Waals surface area contributed by atoms with Crippen molar-refractivity contribution in [2.75, 3.05) is 12.4 Å². The molecule has 23 heavy (non-hydrogen) atoms. The minimum Gasteiger partial charge on any atom is -0.481 e. The number of aliphatic carboxylic acids is 1. The van der Waals surface area contributed by atoms with E-state index in [2.05, 4.69) is 10.1 Å². The zero-order valence-corrected chi connectivity index (χ0v) is 13.2. The highest BCUT2D eigenvalue weighted by Crippen LogP contribution is 2.29. The second-order valence-corrected chi connectivity index (χ2v) is 5.60. The van der Waals surface area contributed by atoms with Crippen molar-refractivity contribution in [1.29, 1.82) is 0 Å². The van der Waals surface area contributed by atoms with E-state index in [0.29, 0.717) is 17.9 Å². The Morgan fingerprint density at radius 1 is 1.22 bits per heavy atom. The van der Waals surface area contributed by atoms with Gasteiger partial charge in [0.2, 0.25) is 5.91 Å². The number of nitrogens with one attached hydrogen (secondary N) is 1. The molecule has 1 aromatic carbocycles. The molecule has 7 heteroatoms. The molecule has 0 saturated carbocycles. The Morgan fingerprint density at radius 2 is 1.87 bits per heavy atom. The van der Waals surface area contributed by atoms with Gasteiger partial charge in [0.05, 0.1) is 30.2 Å². The van der Waals surface area contributed by atoms with E-state index in [1.807, 2.05) is 0 Å². The monoisotopic (exact) mass is 337 g/mol. The highest BCUT2D eigenvalue weighted by Gasteiger charge is 2.34. The quantitative estimate of drug-likeness (QED) is 0.651. The smallest absolute Gasteiger partial charge is 0.339 e. The number of benzene rings is 1. The topological polar surface area (TPSA) is 92.7 Å². The Kier molecular flexibility index (Phi) is 5.39. The molecule has 122 valence electrons. The number of rotatable bonds is 4. The second kappa shape index (κ2) is 7.28. The largest absolute Gasteiger partial charge is 0.481 e. The maximum absolute atomic E-state index is 12.5. The Bertz CT molecular complexity index is 670. The van der Waals surface area contributed by atoms with Crippen LogP contribution >= 0.6 is 11.6 Å². The van der Waals surface area contributed by atoms with Crippen LogP contribution in [0.15, 0.2) is 30.4 Å². The molecule has 0 heterocycles. The molecule has 1 amide bonds. The van der Waals surface area contributed by atoms with Gasteiger partial charge in [-0.25, -0.2) is 4.79 Å². The van der Waals surface area contributed by atoms with Gasteiger partial charge in [-0.1, -0.05) is 23.8 Å². The molecule has 1 aromatic rings. The summed E-state index contributed by atoms with van der Waals surface area (Å²) >= 11 is 5.90. The number of ether oxygens (including phenoxy) is 1. The summed E-state index contributed by atoms with van der Waals surface area (Å²) in [6, 6.07) is 4.38. The molecule has 6 nitrogen and oxygen atoms in total. The van der Waals surface area contributed by atoms with Crippen molar-refractivity contribution in [1.82, 2.24) is 0 Å². The van der Waals surface area contributed by atoms with E-state index in [0.717, 1.165) is 0 Å². The summed E-state index contributed by atoms with van der Waals surface area (Å²) in [6.45, 7) is 0. The number of carbonyl (C=O) groups is 3. The third-order valence-corrected chi connectivity index (χ3v) is 3.97. The number of allylic oxidation sites excluding steroid dienone is 2. The van der Waals surface area contributed by atoms with Crippen LogP contribution in [0.2, 0.25) is 5.02 Å². The Hall–Kier alpha value is -2.34. The molecule has 0 radical (unpaired) electrons. The van der Waals surface area contributed by atoms with Gasteiger partial charge in [-0.05, 0) is 31.0 Å². The maximum Gasteiger partial charge on any atom is 0.339 e. The summed E-state index contributed by atoms with van der Waals surface area (Å²) in [4.78, 5) is 35.5. The Balaban J connectivity index is 2.26. The molecule has 2 N–H and O–H groups in total. The lowest BCUT2D eigenvalue weighted by Gasteiger charge is -2.24. The summed E-state index contributed by atoms with van der Waals surface area (Å²) in [5, 5.41) is 12.2. The van der Waals surface area contributed by atoms with Crippen LogP contribution in [0.3, 0.4) is 0 Å². The van der Waals surface area contributed by atoms with E-state index in [4.69, 9.17) is 11.6 Å². The maximum atomic E-state index is 12.5. The van der Waals surface area contributed by atoms with Crippen LogP contribution in [0.1, 0.15) is 23.2 Å². The van der Waals surface area contributed by atoms with Crippen molar-refractivity contribution < 1.29 is 24.2 Å². The SMILES string of the molecule is COC(=O)c1ccc(Cl)cc1NC(=O)[C@H]1CC=CC[C@H]1C(=O)O. The van der Waals surface area contributed by atoms with Crippen molar-refractivity contribution >= 4 is 35.1 Å². The van der Waals surface area contributed by atoms with Crippen LogP contribution in [-0.4, -0.2) is 30.1 Å². The molecular weight excluding hydrogens is 322 g/mol. The first-order chi connectivity index (χ1) is 10.9. The predicted octanol–water partition coefficient (Wildman–Crippen LogP) is 2.73. The highest BCUT2D eigenvalue weighted by molar-refractivity contribution is 6.31. The second-order valence-electron chi connectivity index (χ2n) is 5.16. The summed E-state index contributed by atoms with van der Waals surface area (Å²) in [5.74, 6) is -3.60. The van der Waals surface area contributed by atoms with E-state index in [1.165, 1.54) is 25.3 Å². The molecule has 0 fully saturated rings. The fourth-order valence-electron chi connectivity index (χ4n) is 2.51. The van der Waals surface area contributed by atoms with Crippen molar-refractivity contribution in [3.05, 3.63) is 40.9 Å². The third kappa shape index (κ3) is 3.90. The molecule has 1 aliphatic rings. The molecule has 0 aliphatic heterocycles. The normalized spacial score (nSPS) is 19.9. The van der Waals surface area contributed by atoms with Crippen LogP contribution in [0.5, 0.6) is 0 Å². The molecule has 0 bridgehead atoms. The lowest BCUT2D eigenvalue weighted by Crippen LogP contribution is -2.35. The van der Waals surface area contributed by atoms with Gasteiger partial charge in [-0.2, -0.15) is 0 Å². The van der Waals surface area contributed by atoms with Gasteiger partial charge in [0.25, 0.3) is 0 Å². The summed E-state index contributed by atoms with van der Waals surface area (Å²) in [7, 11) is 1.23. The zero-order valence-electron chi connectivity index (χ0n) is 12.4. The lowest BCUT2D eigenvalue weighted by atomic mass is 9.82. The van der Waals surface area contributed by atoms with E-state index in [1.54, 1.807) is 12.2 Å². The summed E-state index contributed by atoms with van der Waals surface area (Å²) in [6.07, 6.45) is 4.16. The highest BCUT2D eigenvalue weighted by atomic mass is 35.5. The van der Waals surface area contributed by atoms with Gasteiger partial charge in [-0.15, -0.1) is 0 Å². The number of hydrogen-bond donors (Lipinski definition) is 2. The Morgan fingerprint density at radius 3 is 2.48 bits per heavy atom. The van der Waals surface area contributed by atoms with Crippen molar-refractivity contribution in [2.45, 2.75) is 12.8 Å². The minimum absolute atomic E-state index is 0.156. The number of halogens is 1. The number of hydrogen-bond acceptors (Lipinski definition) is 4. The van der Waals surface area contributed by atoms with Crippen molar-refractivity contribution in [3.8, 4) is 0 Å². The van der Waals surface area contributed by atoms with Crippen molar-refractivity contribution in [3.63, 3.8) is 0 Å². The lowest BCUT2D eigenvalue weighted by molar-refractivity contribution is -0.146.